The number of halogens is 1. The van der Waals surface area contributed by atoms with Crippen molar-refractivity contribution in [3.8, 4) is 5.75 Å². The molecule has 1 rings (SSSR count). The molecule has 2 amide bonds. The van der Waals surface area contributed by atoms with Gasteiger partial charge >= 0.3 is 0 Å². The average Bonchev–Trinajstić information content (AvgIpc) is 2.45. The monoisotopic (exact) mass is 296 g/mol. The highest BCUT2D eigenvalue weighted by Gasteiger charge is 2.06. The molecule has 0 fully saturated rings. The van der Waals surface area contributed by atoms with Crippen LogP contribution < -0.4 is 15.4 Å². The minimum Gasteiger partial charge on any atom is -0.490 e. The van der Waals surface area contributed by atoms with Gasteiger partial charge in [0.1, 0.15) is 0 Å². The molecule has 0 saturated heterocycles. The molecule has 116 valence electrons. The Hall–Kier alpha value is -2.11. The normalized spacial score (nSPS) is 10.3. The zero-order valence-corrected chi connectivity index (χ0v) is 12.3. The number of hydrogen-bond acceptors (Lipinski definition) is 3. The van der Waals surface area contributed by atoms with Gasteiger partial charge in [-0.3, -0.25) is 9.59 Å². The van der Waals surface area contributed by atoms with Crippen molar-refractivity contribution in [1.82, 2.24) is 10.6 Å². The van der Waals surface area contributed by atoms with Gasteiger partial charge in [0.25, 0.3) is 0 Å². The first-order chi connectivity index (χ1) is 10.0. The number of benzene rings is 1. The zero-order chi connectivity index (χ0) is 15.7. The Morgan fingerprint density at radius 2 is 1.86 bits per heavy atom. The number of carbonyl (C=O) groups is 2. The van der Waals surface area contributed by atoms with Crippen LogP contribution in [0.2, 0.25) is 0 Å². The maximum Gasteiger partial charge on any atom is 0.223 e. The van der Waals surface area contributed by atoms with Gasteiger partial charge in [-0.05, 0) is 12.1 Å². The molecule has 6 heteroatoms. The highest BCUT2D eigenvalue weighted by Crippen LogP contribution is 2.15. The first-order valence-electron chi connectivity index (χ1n) is 6.92. The summed E-state index contributed by atoms with van der Waals surface area (Å²) in [6, 6.07) is 6.04. The predicted molar refractivity (Wildman–Crippen MR) is 77.4 cm³/mol. The van der Waals surface area contributed by atoms with Crippen LogP contribution in [0.3, 0.4) is 0 Å². The van der Waals surface area contributed by atoms with Crippen molar-refractivity contribution in [2.45, 2.75) is 20.3 Å². The molecule has 0 spiro atoms. The molecule has 0 atom stereocenters. The minimum absolute atomic E-state index is 0.0489. The van der Waals surface area contributed by atoms with E-state index < -0.39 is 5.82 Å². The van der Waals surface area contributed by atoms with E-state index in [2.05, 4.69) is 10.6 Å². The molecular weight excluding hydrogens is 275 g/mol. The summed E-state index contributed by atoms with van der Waals surface area (Å²) in [5.41, 5.74) is 0. The summed E-state index contributed by atoms with van der Waals surface area (Å²) >= 11 is 0. The van der Waals surface area contributed by atoms with Crippen LogP contribution in [0.25, 0.3) is 0 Å². The van der Waals surface area contributed by atoms with Crippen molar-refractivity contribution in [3.63, 3.8) is 0 Å². The molecule has 0 aliphatic heterocycles. The molecule has 0 saturated carbocycles. The largest absolute Gasteiger partial charge is 0.490 e. The fraction of sp³-hybridized carbons (Fsp3) is 0.467. The lowest BCUT2D eigenvalue weighted by Crippen LogP contribution is -2.36. The number of amides is 2. The Labute approximate surface area is 123 Å². The topological polar surface area (TPSA) is 67.4 Å². The van der Waals surface area contributed by atoms with Crippen LogP contribution in [-0.4, -0.2) is 31.5 Å². The van der Waals surface area contributed by atoms with Gasteiger partial charge in [-0.1, -0.05) is 26.0 Å². The third kappa shape index (κ3) is 6.74. The maximum absolute atomic E-state index is 13.2. The molecule has 0 aliphatic carbocycles. The van der Waals surface area contributed by atoms with Gasteiger partial charge in [0.05, 0.1) is 13.0 Å². The van der Waals surface area contributed by atoms with E-state index in [9.17, 15) is 14.0 Å². The van der Waals surface area contributed by atoms with Gasteiger partial charge in [0.2, 0.25) is 11.8 Å². The highest BCUT2D eigenvalue weighted by atomic mass is 19.1. The quantitative estimate of drug-likeness (QED) is 0.714. The lowest BCUT2D eigenvalue weighted by Gasteiger charge is -2.09. The molecule has 1 aromatic rings. The highest BCUT2D eigenvalue weighted by molar-refractivity contribution is 5.78. The SMILES string of the molecule is CC(C)C(=O)NCCNC(=O)CCOc1ccccc1F. The van der Waals surface area contributed by atoms with Crippen molar-refractivity contribution in [3.05, 3.63) is 30.1 Å². The maximum atomic E-state index is 13.2. The van der Waals surface area contributed by atoms with Gasteiger partial charge < -0.3 is 15.4 Å². The summed E-state index contributed by atoms with van der Waals surface area (Å²) in [6.45, 7) is 4.45. The van der Waals surface area contributed by atoms with Gasteiger partial charge in [0.15, 0.2) is 11.6 Å². The molecule has 1 aromatic carbocycles. The van der Waals surface area contributed by atoms with E-state index in [0.29, 0.717) is 13.1 Å². The van der Waals surface area contributed by atoms with Crippen LogP contribution in [0.1, 0.15) is 20.3 Å². The number of para-hydroxylation sites is 1. The summed E-state index contributed by atoms with van der Waals surface area (Å²) in [5, 5.41) is 5.34. The van der Waals surface area contributed by atoms with E-state index in [1.807, 2.05) is 0 Å². The van der Waals surface area contributed by atoms with E-state index in [1.165, 1.54) is 12.1 Å². The predicted octanol–water partition coefficient (Wildman–Crippen LogP) is 1.48. The van der Waals surface area contributed by atoms with Crippen LogP contribution >= 0.6 is 0 Å². The number of hydrogen-bond donors (Lipinski definition) is 2. The number of carbonyl (C=O) groups excluding carboxylic acids is 2. The summed E-state index contributed by atoms with van der Waals surface area (Å²) in [6.07, 6.45) is 0.131. The summed E-state index contributed by atoms with van der Waals surface area (Å²) in [7, 11) is 0. The number of ether oxygens (including phenoxy) is 1. The van der Waals surface area contributed by atoms with Gasteiger partial charge in [-0.25, -0.2) is 4.39 Å². The third-order valence-electron chi connectivity index (χ3n) is 2.69. The smallest absolute Gasteiger partial charge is 0.223 e. The average molecular weight is 296 g/mol. The van der Waals surface area contributed by atoms with Crippen molar-refractivity contribution < 1.29 is 18.7 Å². The molecule has 0 heterocycles. The second-order valence-electron chi connectivity index (χ2n) is 4.82. The number of nitrogens with one attached hydrogen (secondary N) is 2. The Bertz CT molecular complexity index is 478. The minimum atomic E-state index is -0.450. The van der Waals surface area contributed by atoms with E-state index in [0.717, 1.165) is 0 Å². The van der Waals surface area contributed by atoms with Crippen LogP contribution in [0, 0.1) is 11.7 Å². The summed E-state index contributed by atoms with van der Waals surface area (Å²) in [5.74, 6) is -0.643. The second kappa shape index (κ2) is 8.94. The number of rotatable bonds is 8. The van der Waals surface area contributed by atoms with Crippen molar-refractivity contribution in [2.24, 2.45) is 5.92 Å². The first kappa shape index (κ1) is 16.9. The van der Waals surface area contributed by atoms with Gasteiger partial charge in [-0.2, -0.15) is 0 Å². The molecule has 21 heavy (non-hydrogen) atoms. The van der Waals surface area contributed by atoms with Crippen molar-refractivity contribution in [1.29, 1.82) is 0 Å². The fourth-order valence-corrected chi connectivity index (χ4v) is 1.50. The molecular formula is C15H21FN2O3. The lowest BCUT2D eigenvalue weighted by atomic mass is 10.2. The Kier molecular flexibility index (Phi) is 7.21. The Morgan fingerprint density at radius 1 is 1.19 bits per heavy atom. The standard InChI is InChI=1S/C15H21FN2O3/c1-11(2)15(20)18-9-8-17-14(19)7-10-21-13-6-4-3-5-12(13)16/h3-6,11H,7-10H2,1-2H3,(H,17,19)(H,18,20). The molecule has 0 radical (unpaired) electrons. The fourth-order valence-electron chi connectivity index (χ4n) is 1.50. The van der Waals surface area contributed by atoms with Crippen LogP contribution in [0.5, 0.6) is 5.75 Å². The van der Waals surface area contributed by atoms with Crippen LogP contribution in [0.15, 0.2) is 24.3 Å². The molecule has 0 aliphatic rings. The van der Waals surface area contributed by atoms with E-state index >= 15 is 0 Å². The van der Waals surface area contributed by atoms with E-state index in [4.69, 9.17) is 4.74 Å². The molecule has 5 nitrogen and oxygen atoms in total. The van der Waals surface area contributed by atoms with Gasteiger partial charge in [0, 0.05) is 19.0 Å². The summed E-state index contributed by atoms with van der Waals surface area (Å²) in [4.78, 5) is 22.8. The zero-order valence-electron chi connectivity index (χ0n) is 12.3. The summed E-state index contributed by atoms with van der Waals surface area (Å²) < 4.78 is 18.4. The molecule has 0 unspecified atom stereocenters. The Morgan fingerprint density at radius 3 is 2.52 bits per heavy atom. The molecule has 0 bridgehead atoms. The second-order valence-corrected chi connectivity index (χ2v) is 4.82. The molecule has 2 N–H and O–H groups in total. The Balaban J connectivity index is 2.12. The third-order valence-corrected chi connectivity index (χ3v) is 2.69. The van der Waals surface area contributed by atoms with Crippen LogP contribution in [0.4, 0.5) is 4.39 Å². The van der Waals surface area contributed by atoms with E-state index in [1.54, 1.807) is 26.0 Å². The first-order valence-corrected chi connectivity index (χ1v) is 6.92. The van der Waals surface area contributed by atoms with Crippen molar-refractivity contribution >= 4 is 11.8 Å². The van der Waals surface area contributed by atoms with Gasteiger partial charge in [-0.15, -0.1) is 0 Å². The lowest BCUT2D eigenvalue weighted by molar-refractivity contribution is -0.124. The van der Waals surface area contributed by atoms with E-state index in [-0.39, 0.29) is 36.5 Å². The molecule has 0 aromatic heterocycles. The van der Waals surface area contributed by atoms with Crippen LogP contribution in [-0.2, 0) is 9.59 Å². The van der Waals surface area contributed by atoms with Crippen molar-refractivity contribution in [2.75, 3.05) is 19.7 Å².